The van der Waals surface area contributed by atoms with E-state index in [0.29, 0.717) is 23.4 Å². The maximum atomic E-state index is 11.7. The maximum Gasteiger partial charge on any atom is 0.336 e. The number of hydrogen-bond acceptors (Lipinski definition) is 4. The lowest BCUT2D eigenvalue weighted by atomic mass is 10.1. The van der Waals surface area contributed by atoms with Crippen molar-refractivity contribution in [2.24, 2.45) is 0 Å². The molecule has 5 nitrogen and oxygen atoms in total. The Labute approximate surface area is 115 Å². The third kappa shape index (κ3) is 3.06. The van der Waals surface area contributed by atoms with E-state index < -0.39 is 5.63 Å². The number of amides is 1. The average molecular weight is 273 g/mol. The first-order valence-corrected chi connectivity index (χ1v) is 6.12. The summed E-state index contributed by atoms with van der Waals surface area (Å²) in [5, 5.41) is 3.39. The summed E-state index contributed by atoms with van der Waals surface area (Å²) in [4.78, 5) is 23.3. The molecule has 0 atom stereocenters. The summed E-state index contributed by atoms with van der Waals surface area (Å²) < 4.78 is 10.2. The van der Waals surface area contributed by atoms with Crippen LogP contribution in [0.3, 0.4) is 0 Å². The van der Waals surface area contributed by atoms with Crippen LogP contribution in [0.15, 0.2) is 46.1 Å². The zero-order valence-corrected chi connectivity index (χ0v) is 11.1. The van der Waals surface area contributed by atoms with Gasteiger partial charge in [0.15, 0.2) is 0 Å². The van der Waals surface area contributed by atoms with Gasteiger partial charge in [-0.05, 0) is 17.7 Å². The molecular weight excluding hydrogens is 258 g/mol. The molecule has 0 aliphatic rings. The Bertz CT molecular complexity index is 703. The number of carbonyl (C=O) groups excluding carboxylic acids is 1. The van der Waals surface area contributed by atoms with Gasteiger partial charge < -0.3 is 14.5 Å². The molecule has 0 fully saturated rings. The molecule has 5 heteroatoms. The molecule has 1 amide bonds. The highest BCUT2D eigenvalue weighted by atomic mass is 16.5. The molecule has 0 bridgehead atoms. The van der Waals surface area contributed by atoms with Gasteiger partial charge in [-0.15, -0.1) is 6.58 Å². The highest BCUT2D eigenvalue weighted by molar-refractivity contribution is 5.87. The van der Waals surface area contributed by atoms with Gasteiger partial charge in [0.25, 0.3) is 0 Å². The Morgan fingerprint density at radius 3 is 2.95 bits per heavy atom. The first-order chi connectivity index (χ1) is 9.63. The van der Waals surface area contributed by atoms with E-state index in [-0.39, 0.29) is 12.3 Å². The molecule has 0 saturated carbocycles. The number of methoxy groups -OCH3 is 1. The summed E-state index contributed by atoms with van der Waals surface area (Å²) in [6.45, 7) is 3.92. The second-order valence-corrected chi connectivity index (χ2v) is 4.22. The van der Waals surface area contributed by atoms with Crippen LogP contribution in [0.4, 0.5) is 0 Å². The fraction of sp³-hybridized carbons (Fsp3) is 0.200. The topological polar surface area (TPSA) is 68.5 Å². The van der Waals surface area contributed by atoms with E-state index in [1.807, 2.05) is 0 Å². The van der Waals surface area contributed by atoms with Crippen LogP contribution in [0.25, 0.3) is 11.0 Å². The molecule has 0 aliphatic heterocycles. The lowest BCUT2D eigenvalue weighted by molar-refractivity contribution is -0.120. The van der Waals surface area contributed by atoms with Crippen LogP contribution in [0.1, 0.15) is 5.56 Å². The number of nitrogens with one attached hydrogen (secondary N) is 1. The van der Waals surface area contributed by atoms with Crippen molar-refractivity contribution in [1.29, 1.82) is 0 Å². The summed E-state index contributed by atoms with van der Waals surface area (Å²) >= 11 is 0. The zero-order valence-electron chi connectivity index (χ0n) is 11.1. The number of rotatable bonds is 5. The molecule has 0 radical (unpaired) electrons. The lowest BCUT2D eigenvalue weighted by Crippen LogP contribution is -2.25. The highest BCUT2D eigenvalue weighted by Crippen LogP contribution is 2.22. The van der Waals surface area contributed by atoms with E-state index in [1.54, 1.807) is 24.3 Å². The minimum absolute atomic E-state index is 0.113. The van der Waals surface area contributed by atoms with Crippen molar-refractivity contribution in [2.45, 2.75) is 6.42 Å². The Morgan fingerprint density at radius 2 is 2.25 bits per heavy atom. The molecule has 0 saturated heterocycles. The largest absolute Gasteiger partial charge is 0.497 e. The van der Waals surface area contributed by atoms with Gasteiger partial charge in [-0.1, -0.05) is 6.08 Å². The van der Waals surface area contributed by atoms with Gasteiger partial charge in [0.2, 0.25) is 5.91 Å². The number of hydrogen-bond donors (Lipinski definition) is 1. The van der Waals surface area contributed by atoms with Gasteiger partial charge in [0.1, 0.15) is 11.3 Å². The summed E-state index contributed by atoms with van der Waals surface area (Å²) in [6.07, 6.45) is 1.71. The monoisotopic (exact) mass is 273 g/mol. The summed E-state index contributed by atoms with van der Waals surface area (Å²) in [7, 11) is 1.53. The van der Waals surface area contributed by atoms with E-state index in [4.69, 9.17) is 9.15 Å². The molecule has 1 heterocycles. The van der Waals surface area contributed by atoms with Crippen molar-refractivity contribution in [3.05, 3.63) is 52.9 Å². The predicted octanol–water partition coefficient (Wildman–Crippen LogP) is 1.65. The van der Waals surface area contributed by atoms with Crippen molar-refractivity contribution in [2.75, 3.05) is 13.7 Å². The Hall–Kier alpha value is -2.56. The van der Waals surface area contributed by atoms with E-state index in [0.717, 1.165) is 5.39 Å². The number of fused-ring (bicyclic) bond motifs is 1. The highest BCUT2D eigenvalue weighted by Gasteiger charge is 2.10. The molecular formula is C15H15NO4. The van der Waals surface area contributed by atoms with Gasteiger partial charge >= 0.3 is 5.63 Å². The van der Waals surface area contributed by atoms with Crippen LogP contribution >= 0.6 is 0 Å². The summed E-state index contributed by atoms with van der Waals surface area (Å²) in [5.74, 6) is 0.418. The van der Waals surface area contributed by atoms with E-state index in [2.05, 4.69) is 11.9 Å². The van der Waals surface area contributed by atoms with Gasteiger partial charge in [0, 0.05) is 24.1 Å². The van der Waals surface area contributed by atoms with Crippen molar-refractivity contribution in [1.82, 2.24) is 5.32 Å². The zero-order chi connectivity index (χ0) is 14.5. The smallest absolute Gasteiger partial charge is 0.336 e. The van der Waals surface area contributed by atoms with E-state index in [9.17, 15) is 9.59 Å². The summed E-state index contributed by atoms with van der Waals surface area (Å²) in [6, 6.07) is 6.49. The van der Waals surface area contributed by atoms with Crippen LogP contribution in [-0.2, 0) is 11.2 Å². The first-order valence-electron chi connectivity index (χ1n) is 6.12. The third-order valence-corrected chi connectivity index (χ3v) is 2.83. The molecule has 1 aromatic heterocycles. The SMILES string of the molecule is C=CCNC(=O)Cc1cc(=O)oc2cc(OC)ccc12. The number of benzene rings is 1. The minimum Gasteiger partial charge on any atom is -0.497 e. The molecule has 0 unspecified atom stereocenters. The maximum absolute atomic E-state index is 11.7. The van der Waals surface area contributed by atoms with Crippen molar-refractivity contribution in [3.8, 4) is 5.75 Å². The molecule has 1 N–H and O–H groups in total. The van der Waals surface area contributed by atoms with Crippen molar-refractivity contribution >= 4 is 16.9 Å². The van der Waals surface area contributed by atoms with Crippen molar-refractivity contribution < 1.29 is 13.9 Å². The van der Waals surface area contributed by atoms with Crippen LogP contribution in [0.5, 0.6) is 5.75 Å². The van der Waals surface area contributed by atoms with Crippen molar-refractivity contribution in [3.63, 3.8) is 0 Å². The number of ether oxygens (including phenoxy) is 1. The van der Waals surface area contributed by atoms with E-state index >= 15 is 0 Å². The van der Waals surface area contributed by atoms with Gasteiger partial charge in [0.05, 0.1) is 13.5 Å². The Balaban J connectivity index is 2.39. The van der Waals surface area contributed by atoms with Crippen LogP contribution < -0.4 is 15.7 Å². The minimum atomic E-state index is -0.489. The standard InChI is InChI=1S/C15H15NO4/c1-3-6-16-14(17)7-10-8-15(18)20-13-9-11(19-2)4-5-12(10)13/h3-5,8-9H,1,6-7H2,2H3,(H,16,17). The molecule has 0 aliphatic carbocycles. The molecule has 0 spiro atoms. The third-order valence-electron chi connectivity index (χ3n) is 2.83. The van der Waals surface area contributed by atoms with Gasteiger partial charge in [-0.2, -0.15) is 0 Å². The molecule has 2 aromatic rings. The number of carbonyl (C=O) groups is 1. The summed E-state index contributed by atoms with van der Waals surface area (Å²) in [5.41, 5.74) is 0.543. The Kier molecular flexibility index (Phi) is 4.20. The lowest BCUT2D eigenvalue weighted by Gasteiger charge is -2.07. The quantitative estimate of drug-likeness (QED) is 0.664. The second kappa shape index (κ2) is 6.06. The first kappa shape index (κ1) is 13.9. The van der Waals surface area contributed by atoms with Crippen LogP contribution in [0.2, 0.25) is 0 Å². The van der Waals surface area contributed by atoms with Gasteiger partial charge in [-0.25, -0.2) is 4.79 Å². The fourth-order valence-corrected chi connectivity index (χ4v) is 1.90. The molecule has 20 heavy (non-hydrogen) atoms. The Morgan fingerprint density at radius 1 is 1.45 bits per heavy atom. The normalized spacial score (nSPS) is 10.2. The molecule has 1 aromatic carbocycles. The van der Waals surface area contributed by atoms with Crippen LogP contribution in [-0.4, -0.2) is 19.6 Å². The fourth-order valence-electron chi connectivity index (χ4n) is 1.90. The second-order valence-electron chi connectivity index (χ2n) is 4.22. The molecule has 104 valence electrons. The van der Waals surface area contributed by atoms with Crippen LogP contribution in [0, 0.1) is 0 Å². The predicted molar refractivity (Wildman–Crippen MR) is 75.9 cm³/mol. The van der Waals surface area contributed by atoms with Gasteiger partial charge in [-0.3, -0.25) is 4.79 Å². The van der Waals surface area contributed by atoms with E-state index in [1.165, 1.54) is 13.2 Å². The molecule has 2 rings (SSSR count). The average Bonchev–Trinajstić information content (AvgIpc) is 2.44.